The van der Waals surface area contributed by atoms with Gasteiger partial charge in [0.25, 0.3) is 5.91 Å². The first-order chi connectivity index (χ1) is 10.2. The van der Waals surface area contributed by atoms with Crippen molar-refractivity contribution in [2.45, 2.75) is 6.61 Å². The number of nitrogens with one attached hydrogen (secondary N) is 1. The van der Waals surface area contributed by atoms with E-state index in [2.05, 4.69) is 15.6 Å². The van der Waals surface area contributed by atoms with Gasteiger partial charge in [-0.15, -0.1) is 5.10 Å². The van der Waals surface area contributed by atoms with Gasteiger partial charge in [-0.1, -0.05) is 17.3 Å². The van der Waals surface area contributed by atoms with Crippen molar-refractivity contribution in [3.8, 4) is 0 Å². The van der Waals surface area contributed by atoms with Crippen LogP contribution in [-0.4, -0.2) is 26.0 Å². The SMILES string of the molecule is Cn1nnc2cc(C(=O)Nc3cccc(CO)c3)ccc21. The molecule has 0 atom stereocenters. The number of hydrogen-bond acceptors (Lipinski definition) is 4. The molecule has 0 unspecified atom stereocenters. The van der Waals surface area contributed by atoms with Gasteiger partial charge in [0.05, 0.1) is 12.1 Å². The molecule has 0 aliphatic carbocycles. The maximum atomic E-state index is 12.2. The summed E-state index contributed by atoms with van der Waals surface area (Å²) in [6, 6.07) is 12.3. The van der Waals surface area contributed by atoms with Crippen LogP contribution in [0.1, 0.15) is 15.9 Å². The van der Waals surface area contributed by atoms with Crippen LogP contribution in [0.25, 0.3) is 11.0 Å². The maximum Gasteiger partial charge on any atom is 0.255 e. The van der Waals surface area contributed by atoms with Gasteiger partial charge in [-0.25, -0.2) is 4.68 Å². The minimum atomic E-state index is -0.224. The highest BCUT2D eigenvalue weighted by Crippen LogP contribution is 2.15. The Morgan fingerprint density at radius 2 is 2.14 bits per heavy atom. The molecule has 2 aromatic carbocycles. The quantitative estimate of drug-likeness (QED) is 0.766. The Morgan fingerprint density at radius 1 is 1.29 bits per heavy atom. The zero-order valence-electron chi connectivity index (χ0n) is 11.4. The molecular formula is C15H14N4O2. The highest BCUT2D eigenvalue weighted by Gasteiger charge is 2.09. The lowest BCUT2D eigenvalue weighted by Crippen LogP contribution is -2.12. The monoisotopic (exact) mass is 282 g/mol. The third-order valence-electron chi connectivity index (χ3n) is 3.24. The predicted octanol–water partition coefficient (Wildman–Crippen LogP) is 1.71. The van der Waals surface area contributed by atoms with Crippen LogP contribution in [0.3, 0.4) is 0 Å². The molecule has 0 aliphatic rings. The molecule has 1 aromatic heterocycles. The molecule has 106 valence electrons. The molecule has 1 heterocycles. The van der Waals surface area contributed by atoms with Crippen LogP contribution in [0.15, 0.2) is 42.5 Å². The molecule has 0 spiro atoms. The number of hydrogen-bond donors (Lipinski definition) is 2. The van der Waals surface area contributed by atoms with Crippen LogP contribution < -0.4 is 5.32 Å². The molecule has 3 aromatic rings. The summed E-state index contributed by atoms with van der Waals surface area (Å²) in [6.07, 6.45) is 0. The van der Waals surface area contributed by atoms with Gasteiger partial charge in [-0.05, 0) is 35.9 Å². The zero-order valence-corrected chi connectivity index (χ0v) is 11.4. The van der Waals surface area contributed by atoms with Gasteiger partial charge >= 0.3 is 0 Å². The number of fused-ring (bicyclic) bond motifs is 1. The summed E-state index contributed by atoms with van der Waals surface area (Å²) in [6.45, 7) is -0.0602. The van der Waals surface area contributed by atoms with Crippen molar-refractivity contribution in [2.24, 2.45) is 7.05 Å². The Labute approximate surface area is 121 Å². The average Bonchev–Trinajstić information content (AvgIpc) is 2.88. The van der Waals surface area contributed by atoms with Gasteiger partial charge in [-0.3, -0.25) is 4.79 Å². The number of benzene rings is 2. The topological polar surface area (TPSA) is 80.0 Å². The number of amides is 1. The fraction of sp³-hybridized carbons (Fsp3) is 0.133. The Morgan fingerprint density at radius 3 is 2.95 bits per heavy atom. The first kappa shape index (κ1) is 13.3. The second kappa shape index (κ2) is 5.34. The molecule has 1 amide bonds. The van der Waals surface area contributed by atoms with Crippen LogP contribution in [0, 0.1) is 0 Å². The first-order valence-electron chi connectivity index (χ1n) is 6.48. The van der Waals surface area contributed by atoms with Crippen molar-refractivity contribution in [3.05, 3.63) is 53.6 Å². The second-order valence-electron chi connectivity index (χ2n) is 4.73. The molecule has 6 nitrogen and oxygen atoms in total. The van der Waals surface area contributed by atoms with Crippen molar-refractivity contribution in [1.82, 2.24) is 15.0 Å². The molecule has 2 N–H and O–H groups in total. The number of carbonyl (C=O) groups is 1. The largest absolute Gasteiger partial charge is 0.392 e. The predicted molar refractivity (Wildman–Crippen MR) is 78.8 cm³/mol. The summed E-state index contributed by atoms with van der Waals surface area (Å²) >= 11 is 0. The number of aromatic nitrogens is 3. The van der Waals surface area contributed by atoms with E-state index in [1.807, 2.05) is 6.07 Å². The first-order valence-corrected chi connectivity index (χ1v) is 6.48. The minimum Gasteiger partial charge on any atom is -0.392 e. The number of aliphatic hydroxyl groups excluding tert-OH is 1. The summed E-state index contributed by atoms with van der Waals surface area (Å²) in [5.74, 6) is -0.224. The van der Waals surface area contributed by atoms with Crippen LogP contribution in [0.2, 0.25) is 0 Å². The Kier molecular flexibility index (Phi) is 3.37. The highest BCUT2D eigenvalue weighted by atomic mass is 16.3. The molecular weight excluding hydrogens is 268 g/mol. The minimum absolute atomic E-state index is 0.0602. The van der Waals surface area contributed by atoms with E-state index in [0.717, 1.165) is 11.1 Å². The molecule has 0 fully saturated rings. The Bertz CT molecular complexity index is 810. The van der Waals surface area contributed by atoms with Crippen LogP contribution in [0.5, 0.6) is 0 Å². The van der Waals surface area contributed by atoms with Crippen LogP contribution in [0.4, 0.5) is 5.69 Å². The number of aliphatic hydroxyl groups is 1. The standard InChI is InChI=1S/C15H14N4O2/c1-19-14-6-5-11(8-13(14)17-18-19)15(21)16-12-4-2-3-10(7-12)9-20/h2-8,20H,9H2,1H3,(H,16,21). The number of rotatable bonds is 3. The molecule has 3 rings (SSSR count). The molecule has 0 aliphatic heterocycles. The van der Waals surface area contributed by atoms with E-state index in [4.69, 9.17) is 5.11 Å². The summed E-state index contributed by atoms with van der Waals surface area (Å²) in [4.78, 5) is 12.2. The molecule has 0 bridgehead atoms. The lowest BCUT2D eigenvalue weighted by Gasteiger charge is -2.06. The number of aryl methyl sites for hydroxylation is 1. The van der Waals surface area contributed by atoms with E-state index in [0.29, 0.717) is 16.8 Å². The van der Waals surface area contributed by atoms with E-state index in [1.165, 1.54) is 0 Å². The maximum absolute atomic E-state index is 12.2. The van der Waals surface area contributed by atoms with E-state index in [9.17, 15) is 4.79 Å². The summed E-state index contributed by atoms with van der Waals surface area (Å²) < 4.78 is 1.65. The summed E-state index contributed by atoms with van der Waals surface area (Å²) in [5.41, 5.74) is 3.45. The Hall–Kier alpha value is -2.73. The summed E-state index contributed by atoms with van der Waals surface area (Å²) in [5, 5.41) is 19.8. The number of carbonyl (C=O) groups excluding carboxylic acids is 1. The molecule has 0 radical (unpaired) electrons. The van der Waals surface area contributed by atoms with Gasteiger partial charge in [0, 0.05) is 18.3 Å². The third kappa shape index (κ3) is 2.61. The molecule has 0 saturated carbocycles. The lowest BCUT2D eigenvalue weighted by molar-refractivity contribution is 0.102. The highest BCUT2D eigenvalue weighted by molar-refractivity contribution is 6.05. The lowest BCUT2D eigenvalue weighted by atomic mass is 10.1. The number of nitrogens with zero attached hydrogens (tertiary/aromatic N) is 3. The Balaban J connectivity index is 1.86. The van der Waals surface area contributed by atoms with Crippen molar-refractivity contribution < 1.29 is 9.90 Å². The fourth-order valence-corrected chi connectivity index (χ4v) is 2.13. The van der Waals surface area contributed by atoms with Crippen molar-refractivity contribution in [3.63, 3.8) is 0 Å². The zero-order chi connectivity index (χ0) is 14.8. The molecule has 6 heteroatoms. The van der Waals surface area contributed by atoms with E-state index < -0.39 is 0 Å². The normalized spacial score (nSPS) is 10.8. The second-order valence-corrected chi connectivity index (χ2v) is 4.73. The van der Waals surface area contributed by atoms with E-state index in [-0.39, 0.29) is 12.5 Å². The summed E-state index contributed by atoms with van der Waals surface area (Å²) in [7, 11) is 1.80. The van der Waals surface area contributed by atoms with Crippen LogP contribution in [-0.2, 0) is 13.7 Å². The smallest absolute Gasteiger partial charge is 0.255 e. The van der Waals surface area contributed by atoms with Gasteiger partial charge in [0.1, 0.15) is 5.52 Å². The average molecular weight is 282 g/mol. The van der Waals surface area contributed by atoms with Crippen molar-refractivity contribution >= 4 is 22.6 Å². The van der Waals surface area contributed by atoms with Crippen molar-refractivity contribution in [1.29, 1.82) is 0 Å². The van der Waals surface area contributed by atoms with Crippen molar-refractivity contribution in [2.75, 3.05) is 5.32 Å². The van der Waals surface area contributed by atoms with Gasteiger partial charge in [-0.2, -0.15) is 0 Å². The molecule has 21 heavy (non-hydrogen) atoms. The van der Waals surface area contributed by atoms with Gasteiger partial charge in [0.2, 0.25) is 0 Å². The third-order valence-corrected chi connectivity index (χ3v) is 3.24. The fourth-order valence-electron chi connectivity index (χ4n) is 2.13. The van der Waals surface area contributed by atoms with Crippen LogP contribution >= 0.6 is 0 Å². The number of anilines is 1. The van der Waals surface area contributed by atoms with E-state index in [1.54, 1.807) is 48.1 Å². The van der Waals surface area contributed by atoms with E-state index >= 15 is 0 Å². The van der Waals surface area contributed by atoms with Gasteiger partial charge < -0.3 is 10.4 Å². The molecule has 0 saturated heterocycles. The van der Waals surface area contributed by atoms with Gasteiger partial charge in [0.15, 0.2) is 0 Å².